The summed E-state index contributed by atoms with van der Waals surface area (Å²) in [6.45, 7) is 2.92. The second-order valence-electron chi connectivity index (χ2n) is 7.33. The van der Waals surface area contributed by atoms with Gasteiger partial charge in [-0.1, -0.05) is 35.6 Å². The van der Waals surface area contributed by atoms with Crippen LogP contribution in [0.25, 0.3) is 10.2 Å². The van der Waals surface area contributed by atoms with Crippen LogP contribution in [0.3, 0.4) is 0 Å². The molecule has 0 aliphatic carbocycles. The number of rotatable bonds is 5. The highest BCUT2D eigenvalue weighted by Gasteiger charge is 2.35. The molecule has 0 unspecified atom stereocenters. The van der Waals surface area contributed by atoms with Crippen LogP contribution in [0.5, 0.6) is 0 Å². The van der Waals surface area contributed by atoms with E-state index >= 15 is 0 Å². The highest BCUT2D eigenvalue weighted by molar-refractivity contribution is 7.89. The third-order valence-corrected chi connectivity index (χ3v) is 8.54. The van der Waals surface area contributed by atoms with Crippen molar-refractivity contribution in [2.45, 2.75) is 24.7 Å². The van der Waals surface area contributed by atoms with Crippen molar-refractivity contribution in [3.63, 3.8) is 0 Å². The van der Waals surface area contributed by atoms with Gasteiger partial charge in [-0.2, -0.15) is 9.57 Å². The maximum atomic E-state index is 13.2. The summed E-state index contributed by atoms with van der Waals surface area (Å²) >= 11 is 1.49. The molecule has 0 spiro atoms. The lowest BCUT2D eigenvalue weighted by Crippen LogP contribution is -2.44. The molecule has 0 radical (unpaired) electrons. The summed E-state index contributed by atoms with van der Waals surface area (Å²) in [5.41, 5.74) is 1.000. The lowest BCUT2D eigenvalue weighted by molar-refractivity contribution is -0.123. The number of carbonyl (C=O) groups excluding carboxylic acids is 1. The van der Waals surface area contributed by atoms with E-state index in [1.54, 1.807) is 17.0 Å². The summed E-state index contributed by atoms with van der Waals surface area (Å²) in [6.07, 6.45) is 0.877. The Morgan fingerprint density at radius 2 is 1.87 bits per heavy atom. The third-order valence-electron chi connectivity index (χ3n) is 5.52. The molecule has 7 nitrogen and oxygen atoms in total. The highest BCUT2D eigenvalue weighted by atomic mass is 32.2. The number of carbonyl (C=O) groups is 1. The van der Waals surface area contributed by atoms with Crippen LogP contribution >= 0.6 is 11.3 Å². The molecule has 2 heterocycles. The lowest BCUT2D eigenvalue weighted by Gasteiger charge is -2.32. The van der Waals surface area contributed by atoms with Gasteiger partial charge in [-0.3, -0.25) is 9.69 Å². The molecule has 2 aromatic carbocycles. The molecular weight excluding hydrogens is 432 g/mol. The number of benzene rings is 2. The number of nitrogens with zero attached hydrogens (tertiary/aromatic N) is 4. The van der Waals surface area contributed by atoms with Crippen molar-refractivity contribution in [1.29, 1.82) is 5.26 Å². The molecule has 0 atom stereocenters. The van der Waals surface area contributed by atoms with Crippen molar-refractivity contribution >= 4 is 42.6 Å². The number of hydrogen-bond acceptors (Lipinski definition) is 6. The highest BCUT2D eigenvalue weighted by Crippen LogP contribution is 2.32. The van der Waals surface area contributed by atoms with Gasteiger partial charge < -0.3 is 0 Å². The number of anilines is 1. The molecule has 0 N–H and O–H groups in total. The Kier molecular flexibility index (Phi) is 6.05. The van der Waals surface area contributed by atoms with E-state index < -0.39 is 10.0 Å². The SMILES string of the molecule is CCN(C(=O)C1CCN(S(=O)(=O)c2ccccc2C#N)CC1)c1nc2ccccc2s1. The van der Waals surface area contributed by atoms with Crippen molar-refractivity contribution in [2.24, 2.45) is 5.92 Å². The summed E-state index contributed by atoms with van der Waals surface area (Å²) in [5, 5.41) is 9.93. The predicted octanol–water partition coefficient (Wildman–Crippen LogP) is 3.62. The van der Waals surface area contributed by atoms with Gasteiger partial charge in [0.15, 0.2) is 5.13 Å². The molecule has 160 valence electrons. The monoisotopic (exact) mass is 454 g/mol. The van der Waals surface area contributed by atoms with Crippen LogP contribution < -0.4 is 4.90 Å². The van der Waals surface area contributed by atoms with Crippen molar-refractivity contribution in [3.8, 4) is 6.07 Å². The molecule has 31 heavy (non-hydrogen) atoms. The molecule has 0 bridgehead atoms. The Labute approximate surface area is 185 Å². The Hall–Kier alpha value is -2.80. The Bertz CT molecular complexity index is 1220. The summed E-state index contributed by atoms with van der Waals surface area (Å²) in [5.74, 6) is -0.277. The van der Waals surface area contributed by atoms with E-state index in [1.165, 1.54) is 27.8 Å². The third kappa shape index (κ3) is 4.06. The van der Waals surface area contributed by atoms with Crippen LogP contribution in [0.15, 0.2) is 53.4 Å². The van der Waals surface area contributed by atoms with E-state index in [9.17, 15) is 18.5 Å². The Morgan fingerprint density at radius 3 is 2.55 bits per heavy atom. The van der Waals surface area contributed by atoms with Crippen LogP contribution in [-0.2, 0) is 14.8 Å². The van der Waals surface area contributed by atoms with Gasteiger partial charge in [0.05, 0.1) is 20.7 Å². The quantitative estimate of drug-likeness (QED) is 0.587. The molecule has 4 rings (SSSR count). The van der Waals surface area contributed by atoms with E-state index in [4.69, 9.17) is 0 Å². The van der Waals surface area contributed by atoms with Gasteiger partial charge in [-0.05, 0) is 44.0 Å². The van der Waals surface area contributed by atoms with Gasteiger partial charge in [0, 0.05) is 25.6 Å². The fourth-order valence-corrected chi connectivity index (χ4v) is 6.49. The lowest BCUT2D eigenvalue weighted by atomic mass is 9.96. The number of hydrogen-bond donors (Lipinski definition) is 0. The van der Waals surface area contributed by atoms with Crippen LogP contribution in [0, 0.1) is 17.2 Å². The second-order valence-corrected chi connectivity index (χ2v) is 10.2. The first-order valence-electron chi connectivity index (χ1n) is 10.1. The zero-order valence-electron chi connectivity index (χ0n) is 17.1. The van der Waals surface area contributed by atoms with Crippen molar-refractivity contribution in [1.82, 2.24) is 9.29 Å². The summed E-state index contributed by atoms with van der Waals surface area (Å²) in [7, 11) is -3.77. The zero-order chi connectivity index (χ0) is 22.0. The molecule has 3 aromatic rings. The van der Waals surface area contributed by atoms with E-state index in [2.05, 4.69) is 4.98 Å². The maximum Gasteiger partial charge on any atom is 0.244 e. The fraction of sp³-hybridized carbons (Fsp3) is 0.318. The number of para-hydroxylation sites is 1. The average Bonchev–Trinajstić information content (AvgIpc) is 3.23. The van der Waals surface area contributed by atoms with Crippen molar-refractivity contribution in [3.05, 3.63) is 54.1 Å². The Balaban J connectivity index is 1.48. The first-order valence-corrected chi connectivity index (χ1v) is 12.4. The summed E-state index contributed by atoms with van der Waals surface area (Å²) < 4.78 is 28.5. The normalized spacial score (nSPS) is 15.6. The topological polar surface area (TPSA) is 94.4 Å². The van der Waals surface area contributed by atoms with E-state index in [0.717, 1.165) is 10.2 Å². The summed E-state index contributed by atoms with van der Waals surface area (Å²) in [4.78, 5) is 19.5. The maximum absolute atomic E-state index is 13.2. The van der Waals surface area contributed by atoms with E-state index in [-0.39, 0.29) is 35.4 Å². The minimum absolute atomic E-state index is 0.0176. The number of fused-ring (bicyclic) bond motifs is 1. The van der Waals surface area contributed by atoms with Gasteiger partial charge in [0.1, 0.15) is 6.07 Å². The van der Waals surface area contributed by atoms with E-state index in [1.807, 2.05) is 37.3 Å². The summed E-state index contributed by atoms with van der Waals surface area (Å²) in [6, 6.07) is 15.9. The average molecular weight is 455 g/mol. The fourth-order valence-electron chi connectivity index (χ4n) is 3.85. The smallest absolute Gasteiger partial charge is 0.244 e. The van der Waals surface area contributed by atoms with Crippen molar-refractivity contribution < 1.29 is 13.2 Å². The molecule has 1 aliphatic rings. The first kappa shape index (κ1) is 21.4. The Morgan fingerprint density at radius 1 is 1.19 bits per heavy atom. The molecule has 1 fully saturated rings. The number of sulfonamides is 1. The van der Waals surface area contributed by atoms with Crippen LogP contribution in [0.1, 0.15) is 25.3 Å². The number of thiazole rings is 1. The van der Waals surface area contributed by atoms with Gasteiger partial charge in [-0.15, -0.1) is 0 Å². The van der Waals surface area contributed by atoms with Crippen LogP contribution in [0.2, 0.25) is 0 Å². The largest absolute Gasteiger partial charge is 0.288 e. The predicted molar refractivity (Wildman–Crippen MR) is 120 cm³/mol. The number of aromatic nitrogens is 1. The minimum Gasteiger partial charge on any atom is -0.288 e. The minimum atomic E-state index is -3.77. The molecule has 0 saturated carbocycles. The number of piperidine rings is 1. The van der Waals surface area contributed by atoms with Gasteiger partial charge >= 0.3 is 0 Å². The molecule has 1 saturated heterocycles. The van der Waals surface area contributed by atoms with E-state index in [0.29, 0.717) is 24.5 Å². The molecule has 1 aliphatic heterocycles. The molecule has 1 aromatic heterocycles. The number of amides is 1. The molecule has 9 heteroatoms. The molecular formula is C22H22N4O3S2. The zero-order valence-corrected chi connectivity index (χ0v) is 18.7. The first-order chi connectivity index (χ1) is 15.0. The van der Waals surface area contributed by atoms with Gasteiger partial charge in [0.2, 0.25) is 15.9 Å². The van der Waals surface area contributed by atoms with Crippen LogP contribution in [0.4, 0.5) is 5.13 Å². The number of nitriles is 1. The standard InChI is InChI=1S/C22H22N4O3S2/c1-2-26(22-24-18-8-4-5-9-19(18)30-22)21(27)16-11-13-25(14-12-16)31(28,29)20-10-6-3-7-17(20)15-23/h3-10,16H,2,11-14H2,1H3. The second kappa shape index (κ2) is 8.75. The van der Waals surface area contributed by atoms with Crippen molar-refractivity contribution in [2.75, 3.05) is 24.5 Å². The van der Waals surface area contributed by atoms with Gasteiger partial charge in [0.25, 0.3) is 0 Å². The van der Waals surface area contributed by atoms with Gasteiger partial charge in [-0.25, -0.2) is 13.4 Å². The van der Waals surface area contributed by atoms with Crippen LogP contribution in [-0.4, -0.2) is 43.2 Å². The molecule has 1 amide bonds.